The molecule has 1 aliphatic heterocycles. The molecule has 0 N–H and O–H groups in total. The third-order valence-electron chi connectivity index (χ3n) is 8.07. The van der Waals surface area contributed by atoms with E-state index in [2.05, 4.69) is 51.1 Å². The van der Waals surface area contributed by atoms with E-state index in [9.17, 15) is 0 Å². The summed E-state index contributed by atoms with van der Waals surface area (Å²) in [4.78, 5) is 13.6. The maximum absolute atomic E-state index is 6.57. The van der Waals surface area contributed by atoms with E-state index in [1.807, 2.05) is 39.2 Å². The van der Waals surface area contributed by atoms with E-state index in [1.165, 1.54) is 17.4 Å². The van der Waals surface area contributed by atoms with Crippen LogP contribution in [-0.4, -0.2) is 37.5 Å². The summed E-state index contributed by atoms with van der Waals surface area (Å²) in [5.74, 6) is 0.807. The third kappa shape index (κ3) is 2.90. The van der Waals surface area contributed by atoms with Gasteiger partial charge in [0.15, 0.2) is 5.79 Å². The second-order valence-electron chi connectivity index (χ2n) is 10.5. The number of ether oxygens (including phenoxy) is 2. The predicted octanol–water partition coefficient (Wildman–Crippen LogP) is 5.00. The second kappa shape index (κ2) is 6.61. The molecule has 6 heteroatoms. The van der Waals surface area contributed by atoms with Crippen molar-refractivity contribution in [2.24, 2.45) is 11.3 Å². The van der Waals surface area contributed by atoms with E-state index >= 15 is 0 Å². The van der Waals surface area contributed by atoms with E-state index in [1.54, 1.807) is 0 Å². The highest BCUT2D eigenvalue weighted by Gasteiger charge is 2.75. The van der Waals surface area contributed by atoms with Crippen molar-refractivity contribution in [2.75, 3.05) is 0 Å². The highest BCUT2D eigenvalue weighted by atomic mass is 16.8. The molecule has 4 heterocycles. The summed E-state index contributed by atoms with van der Waals surface area (Å²) in [6, 6.07) is 13.1. The van der Waals surface area contributed by atoms with Crippen molar-refractivity contribution < 1.29 is 9.47 Å². The first-order valence-corrected chi connectivity index (χ1v) is 11.9. The Kier molecular flexibility index (Phi) is 3.93. The van der Waals surface area contributed by atoms with Crippen molar-refractivity contribution in [1.82, 2.24) is 19.5 Å². The van der Waals surface area contributed by atoms with Crippen LogP contribution in [0.5, 0.6) is 0 Å². The van der Waals surface area contributed by atoms with Gasteiger partial charge in [0.05, 0.1) is 17.7 Å². The molecule has 0 unspecified atom stereocenters. The fraction of sp³-hybridized carbons (Fsp3) is 0.444. The van der Waals surface area contributed by atoms with Gasteiger partial charge in [-0.1, -0.05) is 12.1 Å². The summed E-state index contributed by atoms with van der Waals surface area (Å²) in [7, 11) is 0. The van der Waals surface area contributed by atoms with Crippen LogP contribution in [0.1, 0.15) is 44.1 Å². The number of rotatable bonds is 4. The molecular formula is C27H28N4O2. The molecule has 0 spiro atoms. The fourth-order valence-corrected chi connectivity index (χ4v) is 6.55. The quantitative estimate of drug-likeness (QED) is 0.447. The maximum atomic E-state index is 6.57. The molecule has 6 nitrogen and oxygen atoms in total. The zero-order valence-electron chi connectivity index (χ0n) is 19.2. The Morgan fingerprint density at radius 1 is 1.09 bits per heavy atom. The minimum Gasteiger partial charge on any atom is -0.344 e. The summed E-state index contributed by atoms with van der Waals surface area (Å²) >= 11 is 0. The Morgan fingerprint density at radius 2 is 2.00 bits per heavy atom. The first-order chi connectivity index (χ1) is 15.9. The first-order valence-electron chi connectivity index (χ1n) is 11.9. The predicted molar refractivity (Wildman–Crippen MR) is 126 cm³/mol. The van der Waals surface area contributed by atoms with Gasteiger partial charge >= 0.3 is 0 Å². The Hall–Kier alpha value is -2.83. The lowest BCUT2D eigenvalue weighted by atomic mass is 9.91. The van der Waals surface area contributed by atoms with E-state index in [4.69, 9.17) is 14.5 Å². The topological polar surface area (TPSA) is 62.1 Å². The SMILES string of the molecule is Cc1ncc2ccc(CC[C@]34C[C@@H]3[C@@H](n3ccc5cccnc53)[C@@H]3OC(C)(C)O[C@@H]34)cc2n1. The van der Waals surface area contributed by atoms with Crippen LogP contribution in [0.4, 0.5) is 0 Å². The summed E-state index contributed by atoms with van der Waals surface area (Å²) in [6.07, 6.45) is 9.44. The average Bonchev–Trinajstić information content (AvgIpc) is 3.06. The molecule has 3 aliphatic rings. The Balaban J connectivity index is 1.21. The normalized spacial score (nSPS) is 31.7. The standard InChI is InChI=1S/C27H28N4O2/c1-16-29-15-19-7-6-17(13-21(19)30-16)8-10-27-14-20(27)22(23-24(27)33-26(2,3)32-23)31-12-9-18-5-4-11-28-25(18)31/h4-7,9,11-13,15,20,22-24H,8,10,14H2,1-3H3/t20-,22-,23+,24+,27+/m1/s1. The van der Waals surface area contributed by atoms with E-state index in [-0.39, 0.29) is 23.7 Å². The van der Waals surface area contributed by atoms with Gasteiger partial charge in [-0.2, -0.15) is 0 Å². The molecule has 0 bridgehead atoms. The van der Waals surface area contributed by atoms with Gasteiger partial charge in [0.1, 0.15) is 17.6 Å². The highest BCUT2D eigenvalue weighted by Crippen LogP contribution is 2.73. The van der Waals surface area contributed by atoms with Crippen molar-refractivity contribution in [3.63, 3.8) is 0 Å². The van der Waals surface area contributed by atoms with Gasteiger partial charge < -0.3 is 14.0 Å². The smallest absolute Gasteiger partial charge is 0.163 e. The van der Waals surface area contributed by atoms with Gasteiger partial charge in [0.2, 0.25) is 0 Å². The maximum Gasteiger partial charge on any atom is 0.163 e. The molecule has 1 aromatic carbocycles. The molecule has 168 valence electrons. The summed E-state index contributed by atoms with van der Waals surface area (Å²) in [6.45, 7) is 6.04. The molecule has 5 atom stereocenters. The summed E-state index contributed by atoms with van der Waals surface area (Å²) in [5.41, 5.74) is 3.55. The minimum atomic E-state index is -0.554. The van der Waals surface area contributed by atoms with Crippen molar-refractivity contribution in [3.05, 3.63) is 66.4 Å². The number of benzene rings is 1. The van der Waals surface area contributed by atoms with Crippen LogP contribution in [0, 0.1) is 18.3 Å². The summed E-state index contributed by atoms with van der Waals surface area (Å²) < 4.78 is 15.4. The van der Waals surface area contributed by atoms with E-state index < -0.39 is 5.79 Å². The zero-order valence-corrected chi connectivity index (χ0v) is 19.2. The van der Waals surface area contributed by atoms with Crippen molar-refractivity contribution in [3.8, 4) is 0 Å². The molecule has 33 heavy (non-hydrogen) atoms. The number of pyridine rings is 1. The van der Waals surface area contributed by atoms with Gasteiger partial charge in [0, 0.05) is 34.8 Å². The molecule has 1 saturated heterocycles. The first kappa shape index (κ1) is 19.6. The van der Waals surface area contributed by atoms with Gasteiger partial charge in [-0.3, -0.25) is 0 Å². The lowest BCUT2D eigenvalue weighted by Gasteiger charge is -2.24. The van der Waals surface area contributed by atoms with Crippen LogP contribution in [-0.2, 0) is 15.9 Å². The molecule has 2 saturated carbocycles. The molecule has 0 radical (unpaired) electrons. The molecule has 0 amide bonds. The molecular weight excluding hydrogens is 412 g/mol. The van der Waals surface area contributed by atoms with E-state index in [0.717, 1.165) is 35.2 Å². The Morgan fingerprint density at radius 3 is 2.91 bits per heavy atom. The molecule has 2 aliphatic carbocycles. The van der Waals surface area contributed by atoms with Gasteiger partial charge in [-0.05, 0) is 75.8 Å². The number of fused-ring (bicyclic) bond motifs is 5. The number of hydrogen-bond acceptors (Lipinski definition) is 5. The van der Waals surface area contributed by atoms with E-state index in [0.29, 0.717) is 5.92 Å². The largest absolute Gasteiger partial charge is 0.344 e. The molecule has 7 rings (SSSR count). The van der Waals surface area contributed by atoms with Crippen molar-refractivity contribution >= 4 is 21.9 Å². The van der Waals surface area contributed by atoms with Crippen molar-refractivity contribution in [1.29, 1.82) is 0 Å². The molecule has 3 fully saturated rings. The Labute approximate surface area is 193 Å². The van der Waals surface area contributed by atoms with Gasteiger partial charge in [0.25, 0.3) is 0 Å². The number of hydrogen-bond donors (Lipinski definition) is 0. The van der Waals surface area contributed by atoms with Crippen LogP contribution in [0.25, 0.3) is 21.9 Å². The van der Waals surface area contributed by atoms with Crippen molar-refractivity contribution in [2.45, 2.75) is 64.1 Å². The lowest BCUT2D eigenvalue weighted by molar-refractivity contribution is -0.161. The third-order valence-corrected chi connectivity index (χ3v) is 8.07. The van der Waals surface area contributed by atoms with Crippen LogP contribution >= 0.6 is 0 Å². The van der Waals surface area contributed by atoms with Crippen LogP contribution in [0.2, 0.25) is 0 Å². The van der Waals surface area contributed by atoms with Gasteiger partial charge in [-0.15, -0.1) is 0 Å². The molecule has 4 aromatic rings. The number of aromatic nitrogens is 4. The summed E-state index contributed by atoms with van der Waals surface area (Å²) in [5, 5.41) is 2.27. The Bertz CT molecular complexity index is 1400. The average molecular weight is 441 g/mol. The minimum absolute atomic E-state index is 0.0587. The van der Waals surface area contributed by atoms with Crippen LogP contribution in [0.15, 0.2) is 55.0 Å². The lowest BCUT2D eigenvalue weighted by Crippen LogP contribution is -2.32. The second-order valence-corrected chi connectivity index (χ2v) is 10.5. The monoisotopic (exact) mass is 440 g/mol. The molecule has 3 aromatic heterocycles. The zero-order chi connectivity index (χ0) is 22.4. The van der Waals surface area contributed by atoms with Gasteiger partial charge in [-0.25, -0.2) is 15.0 Å². The highest BCUT2D eigenvalue weighted by molar-refractivity contribution is 5.78. The van der Waals surface area contributed by atoms with Crippen LogP contribution in [0.3, 0.4) is 0 Å². The fourth-order valence-electron chi connectivity index (χ4n) is 6.55. The number of nitrogens with zero attached hydrogens (tertiary/aromatic N) is 4. The van der Waals surface area contributed by atoms with Crippen LogP contribution < -0.4 is 0 Å². The number of aryl methyl sites for hydroxylation is 2.